The average Bonchev–Trinajstić information content (AvgIpc) is 2.58. The molecule has 1 fully saturated rings. The molecule has 0 bridgehead atoms. The van der Waals surface area contributed by atoms with Gasteiger partial charge in [-0.3, -0.25) is 0 Å². The number of nitrogens with zero attached hydrogens (tertiary/aromatic N) is 1. The number of rotatable bonds is 3. The van der Waals surface area contributed by atoms with Crippen LogP contribution in [-0.4, -0.2) is 24.5 Å². The maximum absolute atomic E-state index is 4.01. The monoisotopic (exact) mass is 219 g/mol. The highest BCUT2D eigenvalue weighted by Gasteiger charge is 2.28. The SMILES string of the molecule is C=C1C=C[C@@H](CCN2CCC(C)(C)C2)CC1. The molecule has 2 rings (SSSR count). The Labute approximate surface area is 100 Å². The van der Waals surface area contributed by atoms with E-state index in [4.69, 9.17) is 0 Å². The van der Waals surface area contributed by atoms with Crippen LogP contribution in [0.25, 0.3) is 0 Å². The smallest absolute Gasteiger partial charge is 0.00332 e. The highest BCUT2D eigenvalue weighted by Crippen LogP contribution is 2.30. The first kappa shape index (κ1) is 11.9. The summed E-state index contributed by atoms with van der Waals surface area (Å²) in [7, 11) is 0. The third kappa shape index (κ3) is 3.21. The van der Waals surface area contributed by atoms with Crippen molar-refractivity contribution in [2.24, 2.45) is 11.3 Å². The average molecular weight is 219 g/mol. The van der Waals surface area contributed by atoms with Gasteiger partial charge in [0.25, 0.3) is 0 Å². The van der Waals surface area contributed by atoms with Crippen LogP contribution in [-0.2, 0) is 0 Å². The lowest BCUT2D eigenvalue weighted by Crippen LogP contribution is -2.25. The van der Waals surface area contributed by atoms with Gasteiger partial charge in [-0.15, -0.1) is 0 Å². The fourth-order valence-electron chi connectivity index (χ4n) is 2.83. The van der Waals surface area contributed by atoms with Crippen molar-refractivity contribution in [3.05, 3.63) is 24.3 Å². The van der Waals surface area contributed by atoms with E-state index in [9.17, 15) is 0 Å². The van der Waals surface area contributed by atoms with E-state index in [2.05, 4.69) is 37.5 Å². The van der Waals surface area contributed by atoms with Gasteiger partial charge in [-0.2, -0.15) is 0 Å². The molecule has 1 heteroatoms. The van der Waals surface area contributed by atoms with Gasteiger partial charge in [0.2, 0.25) is 0 Å². The molecule has 0 saturated carbocycles. The van der Waals surface area contributed by atoms with E-state index in [1.165, 1.54) is 50.9 Å². The van der Waals surface area contributed by atoms with E-state index < -0.39 is 0 Å². The summed E-state index contributed by atoms with van der Waals surface area (Å²) >= 11 is 0. The first-order valence-corrected chi connectivity index (χ1v) is 6.63. The van der Waals surface area contributed by atoms with E-state index in [0.29, 0.717) is 5.41 Å². The van der Waals surface area contributed by atoms with E-state index in [-0.39, 0.29) is 0 Å². The summed E-state index contributed by atoms with van der Waals surface area (Å²) in [6.07, 6.45) is 9.80. The first-order chi connectivity index (χ1) is 7.55. The van der Waals surface area contributed by atoms with Gasteiger partial charge in [0.1, 0.15) is 0 Å². The van der Waals surface area contributed by atoms with Crippen LogP contribution in [0.2, 0.25) is 0 Å². The Morgan fingerprint density at radius 3 is 2.88 bits per heavy atom. The summed E-state index contributed by atoms with van der Waals surface area (Å²) < 4.78 is 0. The van der Waals surface area contributed by atoms with Gasteiger partial charge in [-0.1, -0.05) is 38.2 Å². The lowest BCUT2D eigenvalue weighted by molar-refractivity contribution is 0.274. The Hall–Kier alpha value is -0.560. The van der Waals surface area contributed by atoms with Crippen LogP contribution >= 0.6 is 0 Å². The maximum Gasteiger partial charge on any atom is 0.00332 e. The number of likely N-dealkylation sites (tertiary alicyclic amines) is 1. The van der Waals surface area contributed by atoms with Crippen molar-refractivity contribution in [1.29, 1.82) is 0 Å². The van der Waals surface area contributed by atoms with E-state index >= 15 is 0 Å². The quantitative estimate of drug-likeness (QED) is 0.700. The molecule has 0 N–H and O–H groups in total. The molecule has 90 valence electrons. The van der Waals surface area contributed by atoms with Crippen molar-refractivity contribution in [2.45, 2.75) is 39.5 Å². The van der Waals surface area contributed by atoms with Gasteiger partial charge in [0.05, 0.1) is 0 Å². The van der Waals surface area contributed by atoms with Gasteiger partial charge in [-0.05, 0) is 50.1 Å². The molecule has 0 spiro atoms. The summed E-state index contributed by atoms with van der Waals surface area (Å²) in [4.78, 5) is 2.64. The van der Waals surface area contributed by atoms with Crippen LogP contribution in [0.3, 0.4) is 0 Å². The van der Waals surface area contributed by atoms with Crippen molar-refractivity contribution < 1.29 is 0 Å². The Morgan fingerprint density at radius 1 is 1.50 bits per heavy atom. The van der Waals surface area contributed by atoms with Gasteiger partial charge in [0, 0.05) is 6.54 Å². The molecule has 1 aliphatic heterocycles. The number of allylic oxidation sites excluding steroid dienone is 3. The highest BCUT2D eigenvalue weighted by molar-refractivity contribution is 5.18. The third-order valence-electron chi connectivity index (χ3n) is 4.01. The summed E-state index contributed by atoms with van der Waals surface area (Å²) in [5.74, 6) is 0.800. The van der Waals surface area contributed by atoms with Crippen molar-refractivity contribution in [3.63, 3.8) is 0 Å². The molecule has 1 atom stereocenters. The standard InChI is InChI=1S/C15H25N/c1-13-4-6-14(7-5-13)8-10-16-11-9-15(2,3)12-16/h4,6,14H,1,5,7-12H2,2-3H3/t14-/m1/s1. The minimum Gasteiger partial charge on any atom is -0.303 e. The van der Waals surface area contributed by atoms with Crippen molar-refractivity contribution >= 4 is 0 Å². The van der Waals surface area contributed by atoms with Crippen molar-refractivity contribution in [3.8, 4) is 0 Å². The lowest BCUT2D eigenvalue weighted by atomic mass is 9.90. The molecule has 0 aromatic rings. The Bertz CT molecular complexity index is 288. The second-order valence-corrected chi connectivity index (χ2v) is 6.30. The topological polar surface area (TPSA) is 3.24 Å². The zero-order valence-electron chi connectivity index (χ0n) is 10.8. The fraction of sp³-hybridized carbons (Fsp3) is 0.733. The van der Waals surface area contributed by atoms with E-state index in [0.717, 1.165) is 5.92 Å². The summed E-state index contributed by atoms with van der Waals surface area (Å²) in [6.45, 7) is 12.7. The normalized spacial score (nSPS) is 29.9. The highest BCUT2D eigenvalue weighted by atomic mass is 15.1. The van der Waals surface area contributed by atoms with Gasteiger partial charge >= 0.3 is 0 Å². The van der Waals surface area contributed by atoms with Gasteiger partial charge in [-0.25, -0.2) is 0 Å². The molecular formula is C15H25N. The van der Waals surface area contributed by atoms with E-state index in [1.54, 1.807) is 0 Å². The minimum atomic E-state index is 0.552. The van der Waals surface area contributed by atoms with Crippen LogP contribution in [0.1, 0.15) is 39.5 Å². The summed E-state index contributed by atoms with van der Waals surface area (Å²) in [5.41, 5.74) is 1.86. The maximum atomic E-state index is 4.01. The zero-order chi connectivity index (χ0) is 11.6. The van der Waals surface area contributed by atoms with Gasteiger partial charge in [0.15, 0.2) is 0 Å². The molecule has 16 heavy (non-hydrogen) atoms. The largest absolute Gasteiger partial charge is 0.303 e. The second-order valence-electron chi connectivity index (χ2n) is 6.30. The minimum absolute atomic E-state index is 0.552. The summed E-state index contributed by atoms with van der Waals surface area (Å²) in [6, 6.07) is 0. The molecule has 0 unspecified atom stereocenters. The number of hydrogen-bond donors (Lipinski definition) is 0. The molecule has 0 radical (unpaired) electrons. The molecule has 0 aromatic heterocycles. The van der Waals surface area contributed by atoms with Crippen molar-refractivity contribution in [1.82, 2.24) is 4.90 Å². The molecule has 1 saturated heterocycles. The fourth-order valence-corrected chi connectivity index (χ4v) is 2.83. The van der Waals surface area contributed by atoms with Crippen LogP contribution in [0, 0.1) is 11.3 Å². The molecule has 0 aromatic carbocycles. The van der Waals surface area contributed by atoms with Crippen molar-refractivity contribution in [2.75, 3.05) is 19.6 Å². The predicted octanol–water partition coefficient (Wildman–Crippen LogP) is 3.63. The van der Waals surface area contributed by atoms with Gasteiger partial charge < -0.3 is 4.90 Å². The molecule has 0 amide bonds. The first-order valence-electron chi connectivity index (χ1n) is 6.63. The Morgan fingerprint density at radius 2 is 2.31 bits per heavy atom. The van der Waals surface area contributed by atoms with Crippen LogP contribution in [0.15, 0.2) is 24.3 Å². The molecule has 2 aliphatic rings. The molecule has 1 heterocycles. The summed E-state index contributed by atoms with van der Waals surface area (Å²) in [5, 5.41) is 0. The third-order valence-corrected chi connectivity index (χ3v) is 4.01. The van der Waals surface area contributed by atoms with Crippen LogP contribution in [0.4, 0.5) is 0 Å². The molecule has 1 aliphatic carbocycles. The second kappa shape index (κ2) is 4.75. The molecular weight excluding hydrogens is 194 g/mol. The number of hydrogen-bond acceptors (Lipinski definition) is 1. The van der Waals surface area contributed by atoms with Crippen LogP contribution in [0.5, 0.6) is 0 Å². The zero-order valence-corrected chi connectivity index (χ0v) is 10.8. The lowest BCUT2D eigenvalue weighted by Gasteiger charge is -2.23. The van der Waals surface area contributed by atoms with E-state index in [1.807, 2.05) is 0 Å². The Kier molecular flexibility index (Phi) is 3.53. The predicted molar refractivity (Wildman–Crippen MR) is 70.5 cm³/mol. The van der Waals surface area contributed by atoms with Crippen LogP contribution < -0.4 is 0 Å². The molecule has 1 nitrogen and oxygen atoms in total. The Balaban J connectivity index is 1.72.